The minimum Gasteiger partial charge on any atom is -0.319 e. The van der Waals surface area contributed by atoms with E-state index < -0.39 is 0 Å². The Labute approximate surface area is 112 Å². The Bertz CT molecular complexity index is 493. The summed E-state index contributed by atoms with van der Waals surface area (Å²) in [6.45, 7) is 3.13. The Morgan fingerprint density at radius 2 is 1.78 bits per heavy atom. The largest absolute Gasteiger partial charge is 0.319 e. The molecule has 0 aliphatic heterocycles. The monoisotopic (exact) mass is 261 g/mol. The first kappa shape index (κ1) is 13.2. The van der Waals surface area contributed by atoms with Gasteiger partial charge in [-0.3, -0.25) is 0 Å². The molecule has 96 valence electrons. The molecule has 0 saturated carbocycles. The number of hydrogen-bond acceptors (Lipinski definition) is 4. The number of benzene rings is 1. The zero-order valence-corrected chi connectivity index (χ0v) is 11.8. The van der Waals surface area contributed by atoms with E-state index in [-0.39, 0.29) is 0 Å². The highest BCUT2D eigenvalue weighted by Gasteiger charge is 2.05. The van der Waals surface area contributed by atoms with Crippen LogP contribution in [0.2, 0.25) is 0 Å². The molecule has 0 aliphatic carbocycles. The van der Waals surface area contributed by atoms with Gasteiger partial charge in [-0.2, -0.15) is 0 Å². The number of nitrogens with one attached hydrogen (secondary N) is 1. The molecule has 2 aromatic rings. The van der Waals surface area contributed by atoms with Gasteiger partial charge in [0, 0.05) is 19.4 Å². The van der Waals surface area contributed by atoms with E-state index in [0.717, 1.165) is 35.8 Å². The van der Waals surface area contributed by atoms with Crippen molar-refractivity contribution in [3.05, 3.63) is 45.4 Å². The maximum absolute atomic E-state index is 4.25. The molecule has 1 aromatic carbocycles. The zero-order valence-electron chi connectivity index (χ0n) is 10.9. The van der Waals surface area contributed by atoms with Gasteiger partial charge in [-0.1, -0.05) is 24.3 Å². The number of rotatable bonds is 6. The van der Waals surface area contributed by atoms with Crippen LogP contribution >= 0.6 is 11.3 Å². The molecule has 1 N–H and O–H groups in total. The molecule has 0 saturated heterocycles. The van der Waals surface area contributed by atoms with Crippen molar-refractivity contribution in [3.8, 4) is 0 Å². The fraction of sp³-hybridized carbons (Fsp3) is 0.429. The second kappa shape index (κ2) is 6.61. The third-order valence-corrected chi connectivity index (χ3v) is 4.01. The molecule has 0 radical (unpaired) electrons. The molecule has 0 bridgehead atoms. The van der Waals surface area contributed by atoms with Crippen LogP contribution in [-0.2, 0) is 19.3 Å². The van der Waals surface area contributed by atoms with Gasteiger partial charge in [0.15, 0.2) is 0 Å². The molecule has 0 aliphatic rings. The quantitative estimate of drug-likeness (QED) is 0.867. The molecule has 1 aromatic heterocycles. The molecule has 4 heteroatoms. The van der Waals surface area contributed by atoms with Crippen LogP contribution < -0.4 is 5.32 Å². The van der Waals surface area contributed by atoms with Crippen LogP contribution in [0, 0.1) is 6.92 Å². The van der Waals surface area contributed by atoms with E-state index in [1.165, 1.54) is 11.1 Å². The van der Waals surface area contributed by atoms with E-state index >= 15 is 0 Å². The maximum Gasteiger partial charge on any atom is 0.118 e. The lowest BCUT2D eigenvalue weighted by Crippen LogP contribution is -2.09. The van der Waals surface area contributed by atoms with Gasteiger partial charge in [-0.25, -0.2) is 0 Å². The van der Waals surface area contributed by atoms with E-state index in [1.807, 2.05) is 7.05 Å². The predicted molar refractivity (Wildman–Crippen MR) is 76.1 cm³/mol. The first-order valence-electron chi connectivity index (χ1n) is 6.30. The summed E-state index contributed by atoms with van der Waals surface area (Å²) in [7, 11) is 1.96. The van der Waals surface area contributed by atoms with Crippen molar-refractivity contribution in [3.63, 3.8) is 0 Å². The SMILES string of the molecule is CNCCc1nnc(CCc2ccccc2C)s1. The lowest BCUT2D eigenvalue weighted by Gasteiger charge is -2.02. The van der Waals surface area contributed by atoms with Crippen LogP contribution in [0.4, 0.5) is 0 Å². The fourth-order valence-corrected chi connectivity index (χ4v) is 2.70. The molecule has 0 atom stereocenters. The standard InChI is InChI=1S/C14H19N3S/c1-11-5-3-4-6-12(11)7-8-13-16-17-14(18-13)9-10-15-2/h3-6,15H,7-10H2,1-2H3. The Balaban J connectivity index is 1.90. The molecule has 0 amide bonds. The van der Waals surface area contributed by atoms with Crippen molar-refractivity contribution in [2.45, 2.75) is 26.2 Å². The molecular formula is C14H19N3S. The lowest BCUT2D eigenvalue weighted by atomic mass is 10.0. The van der Waals surface area contributed by atoms with Crippen LogP contribution in [0.1, 0.15) is 21.1 Å². The minimum atomic E-state index is 0.965. The summed E-state index contributed by atoms with van der Waals surface area (Å²) in [6, 6.07) is 8.53. The summed E-state index contributed by atoms with van der Waals surface area (Å²) in [4.78, 5) is 0. The molecule has 2 rings (SSSR count). The van der Waals surface area contributed by atoms with Gasteiger partial charge in [-0.15, -0.1) is 21.5 Å². The summed E-state index contributed by atoms with van der Waals surface area (Å²) in [5.74, 6) is 0. The second-order valence-corrected chi connectivity index (χ2v) is 5.52. The Kier molecular flexibility index (Phi) is 4.84. The van der Waals surface area contributed by atoms with Gasteiger partial charge in [0.2, 0.25) is 0 Å². The van der Waals surface area contributed by atoms with Gasteiger partial charge in [0.25, 0.3) is 0 Å². The highest BCUT2D eigenvalue weighted by molar-refractivity contribution is 7.11. The summed E-state index contributed by atoms with van der Waals surface area (Å²) >= 11 is 1.74. The summed E-state index contributed by atoms with van der Waals surface area (Å²) in [6.07, 6.45) is 3.01. The van der Waals surface area contributed by atoms with Crippen molar-refractivity contribution >= 4 is 11.3 Å². The number of nitrogens with zero attached hydrogens (tertiary/aromatic N) is 2. The summed E-state index contributed by atoms with van der Waals surface area (Å²) in [5, 5.41) is 13.9. The third kappa shape index (κ3) is 3.62. The lowest BCUT2D eigenvalue weighted by molar-refractivity contribution is 0.776. The Hall–Kier alpha value is -1.26. The van der Waals surface area contributed by atoms with E-state index in [4.69, 9.17) is 0 Å². The van der Waals surface area contributed by atoms with E-state index in [1.54, 1.807) is 11.3 Å². The first-order chi connectivity index (χ1) is 8.79. The predicted octanol–water partition coefficient (Wildman–Crippen LogP) is 2.39. The number of aromatic nitrogens is 2. The van der Waals surface area contributed by atoms with Crippen molar-refractivity contribution in [1.82, 2.24) is 15.5 Å². The number of aryl methyl sites for hydroxylation is 3. The maximum atomic E-state index is 4.25. The first-order valence-corrected chi connectivity index (χ1v) is 7.11. The smallest absolute Gasteiger partial charge is 0.118 e. The van der Waals surface area contributed by atoms with E-state index in [0.29, 0.717) is 0 Å². The summed E-state index contributed by atoms with van der Waals surface area (Å²) < 4.78 is 0. The molecule has 0 unspecified atom stereocenters. The van der Waals surface area contributed by atoms with Crippen LogP contribution in [0.5, 0.6) is 0 Å². The topological polar surface area (TPSA) is 37.8 Å². The molecular weight excluding hydrogens is 242 g/mol. The molecule has 1 heterocycles. The molecule has 0 spiro atoms. The van der Waals surface area contributed by atoms with Gasteiger partial charge in [0.1, 0.15) is 10.0 Å². The number of hydrogen-bond donors (Lipinski definition) is 1. The van der Waals surface area contributed by atoms with Crippen LogP contribution in [0.25, 0.3) is 0 Å². The van der Waals surface area contributed by atoms with E-state index in [9.17, 15) is 0 Å². The minimum absolute atomic E-state index is 0.965. The van der Waals surface area contributed by atoms with E-state index in [2.05, 4.69) is 46.7 Å². The fourth-order valence-electron chi connectivity index (χ4n) is 1.85. The average molecular weight is 261 g/mol. The number of likely N-dealkylation sites (N-methyl/N-ethyl adjacent to an activating group) is 1. The zero-order chi connectivity index (χ0) is 12.8. The van der Waals surface area contributed by atoms with Gasteiger partial charge >= 0.3 is 0 Å². The van der Waals surface area contributed by atoms with Crippen molar-refractivity contribution in [1.29, 1.82) is 0 Å². The Morgan fingerprint density at radius 1 is 1.06 bits per heavy atom. The molecule has 3 nitrogen and oxygen atoms in total. The van der Waals surface area contributed by atoms with Crippen molar-refractivity contribution < 1.29 is 0 Å². The highest BCUT2D eigenvalue weighted by atomic mass is 32.1. The van der Waals surface area contributed by atoms with Crippen LogP contribution in [-0.4, -0.2) is 23.8 Å². The Morgan fingerprint density at radius 3 is 2.50 bits per heavy atom. The summed E-state index contributed by atoms with van der Waals surface area (Å²) in [5.41, 5.74) is 2.77. The normalized spacial score (nSPS) is 10.8. The van der Waals surface area contributed by atoms with Crippen molar-refractivity contribution in [2.24, 2.45) is 0 Å². The molecule has 18 heavy (non-hydrogen) atoms. The van der Waals surface area contributed by atoms with Crippen LogP contribution in [0.15, 0.2) is 24.3 Å². The molecule has 0 fully saturated rings. The van der Waals surface area contributed by atoms with Gasteiger partial charge in [0.05, 0.1) is 0 Å². The third-order valence-electron chi connectivity index (χ3n) is 2.97. The highest BCUT2D eigenvalue weighted by Crippen LogP contribution is 2.15. The van der Waals surface area contributed by atoms with Crippen LogP contribution in [0.3, 0.4) is 0 Å². The average Bonchev–Trinajstić information content (AvgIpc) is 2.83. The van der Waals surface area contributed by atoms with Gasteiger partial charge < -0.3 is 5.32 Å². The second-order valence-electron chi connectivity index (χ2n) is 4.37. The van der Waals surface area contributed by atoms with Crippen molar-refractivity contribution in [2.75, 3.05) is 13.6 Å². The van der Waals surface area contributed by atoms with Gasteiger partial charge in [-0.05, 0) is 31.5 Å².